The van der Waals surface area contributed by atoms with Crippen molar-refractivity contribution in [2.45, 2.75) is 19.4 Å². The van der Waals surface area contributed by atoms with Gasteiger partial charge in [-0.3, -0.25) is 9.48 Å². The number of carbonyl (C=O) groups is 1. The van der Waals surface area contributed by atoms with Gasteiger partial charge in [0.05, 0.1) is 29.4 Å². The van der Waals surface area contributed by atoms with Crippen molar-refractivity contribution in [3.8, 4) is 0 Å². The number of aromatic nitrogens is 2. The van der Waals surface area contributed by atoms with Crippen LogP contribution in [0.5, 0.6) is 0 Å². The Labute approximate surface area is 128 Å². The Morgan fingerprint density at radius 2 is 2.29 bits per heavy atom. The first-order chi connectivity index (χ1) is 9.99. The third kappa shape index (κ3) is 4.06. The molecule has 0 aliphatic rings. The number of amides is 1. The highest BCUT2D eigenvalue weighted by Crippen LogP contribution is 2.17. The van der Waals surface area contributed by atoms with Crippen LogP contribution in [0, 0.1) is 6.92 Å². The zero-order valence-electron chi connectivity index (χ0n) is 12.0. The number of halogens is 1. The first-order valence-electron chi connectivity index (χ1n) is 6.65. The van der Waals surface area contributed by atoms with Crippen LogP contribution < -0.4 is 5.32 Å². The fourth-order valence-electron chi connectivity index (χ4n) is 2.09. The highest BCUT2D eigenvalue weighted by atomic mass is 35.5. The number of nitrogens with one attached hydrogen (secondary N) is 1. The lowest BCUT2D eigenvalue weighted by Gasteiger charge is -2.16. The van der Waals surface area contributed by atoms with Gasteiger partial charge in [0.25, 0.3) is 5.91 Å². The standard InChI is InChI=1S/C15H18ClN3O2/c1-10-3-4-13(14(16)5-10)15(21)18-12(9-20)6-11-7-17-19(2)8-11/h3-5,7-8,12,20H,6,9H2,1-2H3,(H,18,21). The zero-order chi connectivity index (χ0) is 15.4. The van der Waals surface area contributed by atoms with E-state index in [1.165, 1.54) is 0 Å². The van der Waals surface area contributed by atoms with Gasteiger partial charge in [-0.2, -0.15) is 5.10 Å². The third-order valence-corrected chi connectivity index (χ3v) is 3.48. The molecule has 0 bridgehead atoms. The van der Waals surface area contributed by atoms with E-state index in [2.05, 4.69) is 10.4 Å². The maximum absolute atomic E-state index is 12.2. The van der Waals surface area contributed by atoms with Gasteiger partial charge < -0.3 is 10.4 Å². The Hall–Kier alpha value is -1.85. The average molecular weight is 308 g/mol. The molecule has 5 nitrogen and oxygen atoms in total. The molecule has 1 unspecified atom stereocenters. The van der Waals surface area contributed by atoms with E-state index < -0.39 is 0 Å². The summed E-state index contributed by atoms with van der Waals surface area (Å²) in [6, 6.07) is 4.88. The van der Waals surface area contributed by atoms with Gasteiger partial charge >= 0.3 is 0 Å². The van der Waals surface area contributed by atoms with E-state index in [-0.39, 0.29) is 18.6 Å². The number of hydrogen-bond donors (Lipinski definition) is 2. The fraction of sp³-hybridized carbons (Fsp3) is 0.333. The van der Waals surface area contributed by atoms with E-state index in [4.69, 9.17) is 11.6 Å². The lowest BCUT2D eigenvalue weighted by atomic mass is 10.1. The molecule has 0 radical (unpaired) electrons. The molecule has 0 aliphatic heterocycles. The Morgan fingerprint density at radius 3 is 2.86 bits per heavy atom. The van der Waals surface area contributed by atoms with Crippen LogP contribution in [0.4, 0.5) is 0 Å². The summed E-state index contributed by atoms with van der Waals surface area (Å²) in [4.78, 5) is 12.2. The van der Waals surface area contributed by atoms with Crippen LogP contribution in [0.2, 0.25) is 5.02 Å². The Kier molecular flexibility index (Phi) is 4.98. The Morgan fingerprint density at radius 1 is 1.52 bits per heavy atom. The summed E-state index contributed by atoms with van der Waals surface area (Å²) in [7, 11) is 1.82. The molecule has 1 heterocycles. The van der Waals surface area contributed by atoms with E-state index in [1.54, 1.807) is 23.0 Å². The van der Waals surface area contributed by atoms with Crippen LogP contribution in [0.3, 0.4) is 0 Å². The lowest BCUT2D eigenvalue weighted by Crippen LogP contribution is -2.39. The van der Waals surface area contributed by atoms with E-state index >= 15 is 0 Å². The molecule has 0 aliphatic carbocycles. The highest BCUT2D eigenvalue weighted by molar-refractivity contribution is 6.33. The number of benzene rings is 1. The van der Waals surface area contributed by atoms with Crippen molar-refractivity contribution in [2.24, 2.45) is 7.05 Å². The summed E-state index contributed by atoms with van der Waals surface area (Å²) in [6.45, 7) is 1.76. The number of aryl methyl sites for hydroxylation is 2. The number of nitrogens with zero attached hydrogens (tertiary/aromatic N) is 2. The number of rotatable bonds is 5. The van der Waals surface area contributed by atoms with Crippen LogP contribution in [-0.4, -0.2) is 33.4 Å². The van der Waals surface area contributed by atoms with Crippen molar-refractivity contribution < 1.29 is 9.90 Å². The van der Waals surface area contributed by atoms with Crippen molar-refractivity contribution in [3.63, 3.8) is 0 Å². The molecule has 0 saturated heterocycles. The third-order valence-electron chi connectivity index (χ3n) is 3.17. The predicted octanol–water partition coefficient (Wildman–Crippen LogP) is 1.72. The van der Waals surface area contributed by atoms with E-state index in [1.807, 2.05) is 26.2 Å². The minimum Gasteiger partial charge on any atom is -0.394 e. The number of hydrogen-bond acceptors (Lipinski definition) is 3. The lowest BCUT2D eigenvalue weighted by molar-refractivity contribution is 0.0916. The largest absolute Gasteiger partial charge is 0.394 e. The Balaban J connectivity index is 2.05. The molecule has 0 fully saturated rings. The van der Waals surface area contributed by atoms with Crippen molar-refractivity contribution in [2.75, 3.05) is 6.61 Å². The molecule has 21 heavy (non-hydrogen) atoms. The SMILES string of the molecule is Cc1ccc(C(=O)NC(CO)Cc2cnn(C)c2)c(Cl)c1. The number of aliphatic hydroxyl groups excluding tert-OH is 1. The van der Waals surface area contributed by atoms with Gasteiger partial charge in [0.2, 0.25) is 0 Å². The normalized spacial score (nSPS) is 12.2. The monoisotopic (exact) mass is 307 g/mol. The molecule has 1 amide bonds. The average Bonchev–Trinajstić information content (AvgIpc) is 2.83. The van der Waals surface area contributed by atoms with Crippen LogP contribution in [-0.2, 0) is 13.5 Å². The maximum atomic E-state index is 12.2. The van der Waals surface area contributed by atoms with E-state index in [0.717, 1.165) is 11.1 Å². The van der Waals surface area contributed by atoms with Crippen molar-refractivity contribution in [1.29, 1.82) is 0 Å². The molecule has 0 saturated carbocycles. The minimum absolute atomic E-state index is 0.149. The summed E-state index contributed by atoms with van der Waals surface area (Å²) in [5.74, 6) is -0.289. The van der Waals surface area contributed by atoms with Crippen molar-refractivity contribution in [3.05, 3.63) is 52.3 Å². The molecule has 2 rings (SSSR count). The minimum atomic E-state index is -0.376. The zero-order valence-corrected chi connectivity index (χ0v) is 12.8. The summed E-state index contributed by atoms with van der Waals surface area (Å²) < 4.78 is 1.68. The smallest absolute Gasteiger partial charge is 0.253 e. The first kappa shape index (κ1) is 15.5. The highest BCUT2D eigenvalue weighted by Gasteiger charge is 2.16. The topological polar surface area (TPSA) is 67.2 Å². The molecule has 2 N–H and O–H groups in total. The van der Waals surface area contributed by atoms with Gasteiger partial charge in [-0.1, -0.05) is 17.7 Å². The molecular weight excluding hydrogens is 290 g/mol. The summed E-state index contributed by atoms with van der Waals surface area (Å²) >= 11 is 6.08. The first-order valence-corrected chi connectivity index (χ1v) is 7.03. The molecule has 6 heteroatoms. The van der Waals surface area contributed by atoms with Crippen LogP contribution >= 0.6 is 11.6 Å². The number of carbonyl (C=O) groups excluding carboxylic acids is 1. The molecule has 1 aromatic carbocycles. The second-order valence-corrected chi connectivity index (χ2v) is 5.47. The predicted molar refractivity (Wildman–Crippen MR) is 81.4 cm³/mol. The van der Waals surface area contributed by atoms with Gasteiger partial charge in [-0.25, -0.2) is 0 Å². The molecule has 1 aromatic heterocycles. The quantitative estimate of drug-likeness (QED) is 0.884. The van der Waals surface area contributed by atoms with Crippen LogP contribution in [0.1, 0.15) is 21.5 Å². The van der Waals surface area contributed by atoms with Crippen LogP contribution in [0.15, 0.2) is 30.6 Å². The summed E-state index contributed by atoms with van der Waals surface area (Å²) in [6.07, 6.45) is 4.08. The van der Waals surface area contributed by atoms with Gasteiger partial charge in [-0.15, -0.1) is 0 Å². The van der Waals surface area contributed by atoms with Gasteiger partial charge in [0, 0.05) is 13.2 Å². The second-order valence-electron chi connectivity index (χ2n) is 5.06. The molecular formula is C15H18ClN3O2. The van der Waals surface area contributed by atoms with Crippen molar-refractivity contribution in [1.82, 2.24) is 15.1 Å². The van der Waals surface area contributed by atoms with Gasteiger partial charge in [0.15, 0.2) is 0 Å². The molecule has 0 spiro atoms. The molecule has 2 aromatic rings. The second kappa shape index (κ2) is 6.74. The van der Waals surface area contributed by atoms with Gasteiger partial charge in [-0.05, 0) is 36.6 Å². The van der Waals surface area contributed by atoms with E-state index in [9.17, 15) is 9.90 Å². The summed E-state index contributed by atoms with van der Waals surface area (Å²) in [5.41, 5.74) is 2.35. The maximum Gasteiger partial charge on any atom is 0.253 e. The fourth-order valence-corrected chi connectivity index (χ4v) is 2.41. The van der Waals surface area contributed by atoms with E-state index in [0.29, 0.717) is 17.0 Å². The Bertz CT molecular complexity index is 640. The molecule has 1 atom stereocenters. The number of aliphatic hydroxyl groups is 1. The summed E-state index contributed by atoms with van der Waals surface area (Å²) in [5, 5.41) is 16.7. The molecule has 112 valence electrons. The van der Waals surface area contributed by atoms with Crippen LogP contribution in [0.25, 0.3) is 0 Å². The van der Waals surface area contributed by atoms with Gasteiger partial charge in [0.1, 0.15) is 0 Å². The van der Waals surface area contributed by atoms with Crippen molar-refractivity contribution >= 4 is 17.5 Å².